The Hall–Kier alpha value is -1.61. The van der Waals surface area contributed by atoms with Crippen molar-refractivity contribution >= 4 is 11.6 Å². The molecule has 0 aliphatic rings. The lowest BCUT2D eigenvalue weighted by molar-refractivity contribution is 0.450. The van der Waals surface area contributed by atoms with E-state index in [0.717, 1.165) is 16.9 Å². The van der Waals surface area contributed by atoms with E-state index in [1.807, 2.05) is 44.2 Å². The van der Waals surface area contributed by atoms with Gasteiger partial charge in [-0.15, -0.1) is 10.2 Å². The Morgan fingerprint density at radius 2 is 1.69 bits per heavy atom. The Bertz CT molecular complexity index is 500. The molecule has 1 aromatic heterocycles. The highest BCUT2D eigenvalue weighted by Gasteiger charge is 2.09. The molecular formula is C12H11ClN2O. The van der Waals surface area contributed by atoms with Gasteiger partial charge in [-0.3, -0.25) is 0 Å². The summed E-state index contributed by atoms with van der Waals surface area (Å²) in [6.07, 6.45) is 0. The molecule has 0 N–H and O–H groups in total. The second-order valence-electron chi connectivity index (χ2n) is 3.46. The molecule has 0 atom stereocenters. The van der Waals surface area contributed by atoms with Crippen LogP contribution in [-0.4, -0.2) is 10.2 Å². The topological polar surface area (TPSA) is 35.0 Å². The molecule has 0 radical (unpaired) electrons. The molecule has 0 saturated heterocycles. The highest BCUT2D eigenvalue weighted by atomic mass is 35.5. The molecule has 0 spiro atoms. The van der Waals surface area contributed by atoms with E-state index in [4.69, 9.17) is 16.3 Å². The van der Waals surface area contributed by atoms with Gasteiger partial charge in [0, 0.05) is 5.56 Å². The second-order valence-corrected chi connectivity index (χ2v) is 3.82. The number of nitrogens with zero attached hydrogens (tertiary/aromatic N) is 2. The van der Waals surface area contributed by atoms with Gasteiger partial charge in [0.15, 0.2) is 5.15 Å². The molecule has 16 heavy (non-hydrogen) atoms. The summed E-state index contributed by atoms with van der Waals surface area (Å²) in [7, 11) is 0. The molecule has 4 heteroatoms. The molecule has 1 heterocycles. The monoisotopic (exact) mass is 234 g/mol. The van der Waals surface area contributed by atoms with Gasteiger partial charge in [0.1, 0.15) is 5.75 Å². The number of hydrogen-bond acceptors (Lipinski definition) is 3. The van der Waals surface area contributed by atoms with Crippen LogP contribution in [0.15, 0.2) is 30.3 Å². The van der Waals surface area contributed by atoms with Crippen molar-refractivity contribution in [3.8, 4) is 11.6 Å². The summed E-state index contributed by atoms with van der Waals surface area (Å²) in [4.78, 5) is 0. The Morgan fingerprint density at radius 1 is 1.00 bits per heavy atom. The van der Waals surface area contributed by atoms with Crippen LogP contribution in [0.3, 0.4) is 0 Å². The summed E-state index contributed by atoms with van der Waals surface area (Å²) in [6.45, 7) is 3.80. The molecule has 1 aromatic carbocycles. The van der Waals surface area contributed by atoms with E-state index in [9.17, 15) is 0 Å². The molecule has 82 valence electrons. The van der Waals surface area contributed by atoms with Crippen LogP contribution < -0.4 is 4.74 Å². The second kappa shape index (κ2) is 4.49. The first-order chi connectivity index (χ1) is 7.68. The Morgan fingerprint density at radius 3 is 2.38 bits per heavy atom. The standard InChI is InChI=1S/C12H11ClN2O/c1-8-9(2)12(15-14-11(8)13)16-10-6-4-3-5-7-10/h3-7H,1-2H3. The van der Waals surface area contributed by atoms with Gasteiger partial charge in [-0.1, -0.05) is 29.8 Å². The number of rotatable bonds is 2. The third-order valence-corrected chi connectivity index (χ3v) is 2.74. The minimum Gasteiger partial charge on any atom is -0.437 e. The van der Waals surface area contributed by atoms with E-state index in [1.165, 1.54) is 0 Å². The van der Waals surface area contributed by atoms with Crippen LogP contribution in [-0.2, 0) is 0 Å². The van der Waals surface area contributed by atoms with Crippen molar-refractivity contribution < 1.29 is 4.74 Å². The molecule has 0 fully saturated rings. The van der Waals surface area contributed by atoms with E-state index >= 15 is 0 Å². The van der Waals surface area contributed by atoms with E-state index < -0.39 is 0 Å². The minimum absolute atomic E-state index is 0.415. The van der Waals surface area contributed by atoms with Crippen LogP contribution in [0.5, 0.6) is 11.6 Å². The first kappa shape index (κ1) is 10.9. The Balaban J connectivity index is 2.33. The normalized spacial score (nSPS) is 10.2. The van der Waals surface area contributed by atoms with Gasteiger partial charge >= 0.3 is 0 Å². The average Bonchev–Trinajstić information content (AvgIpc) is 2.31. The van der Waals surface area contributed by atoms with E-state index in [-0.39, 0.29) is 0 Å². The fourth-order valence-corrected chi connectivity index (χ4v) is 1.43. The smallest absolute Gasteiger partial charge is 0.242 e. The van der Waals surface area contributed by atoms with Gasteiger partial charge in [-0.25, -0.2) is 0 Å². The van der Waals surface area contributed by atoms with E-state index in [2.05, 4.69) is 10.2 Å². The minimum atomic E-state index is 0.415. The predicted octanol–water partition coefficient (Wildman–Crippen LogP) is 3.54. The lowest BCUT2D eigenvalue weighted by Gasteiger charge is -2.08. The van der Waals surface area contributed by atoms with Gasteiger partial charge in [-0.2, -0.15) is 0 Å². The van der Waals surface area contributed by atoms with Crippen molar-refractivity contribution in [3.63, 3.8) is 0 Å². The number of benzene rings is 1. The summed E-state index contributed by atoms with van der Waals surface area (Å²) in [5.74, 6) is 1.23. The average molecular weight is 235 g/mol. The summed E-state index contributed by atoms with van der Waals surface area (Å²) in [5.41, 5.74) is 1.80. The largest absolute Gasteiger partial charge is 0.437 e. The highest BCUT2D eigenvalue weighted by molar-refractivity contribution is 6.30. The number of aromatic nitrogens is 2. The maximum atomic E-state index is 5.86. The molecule has 0 bridgehead atoms. The summed E-state index contributed by atoms with van der Waals surface area (Å²) < 4.78 is 5.61. The molecule has 0 aliphatic carbocycles. The van der Waals surface area contributed by atoms with Crippen LogP contribution in [0.4, 0.5) is 0 Å². The number of halogens is 1. The maximum Gasteiger partial charge on any atom is 0.242 e. The van der Waals surface area contributed by atoms with Gasteiger partial charge in [0.2, 0.25) is 5.88 Å². The molecule has 0 saturated carbocycles. The van der Waals surface area contributed by atoms with Crippen LogP contribution >= 0.6 is 11.6 Å². The number of para-hydroxylation sites is 1. The molecule has 0 unspecified atom stereocenters. The lowest BCUT2D eigenvalue weighted by Crippen LogP contribution is -1.97. The lowest BCUT2D eigenvalue weighted by atomic mass is 10.2. The van der Waals surface area contributed by atoms with Crippen LogP contribution in [0.25, 0.3) is 0 Å². The molecule has 2 aromatic rings. The third-order valence-electron chi connectivity index (χ3n) is 2.38. The first-order valence-corrected chi connectivity index (χ1v) is 5.28. The molecular weight excluding hydrogens is 224 g/mol. The fourth-order valence-electron chi connectivity index (χ4n) is 1.25. The fraction of sp³-hybridized carbons (Fsp3) is 0.167. The number of ether oxygens (including phenoxy) is 1. The zero-order valence-corrected chi connectivity index (χ0v) is 9.82. The van der Waals surface area contributed by atoms with Crippen LogP contribution in [0.1, 0.15) is 11.1 Å². The van der Waals surface area contributed by atoms with Crippen molar-refractivity contribution in [2.45, 2.75) is 13.8 Å². The maximum absolute atomic E-state index is 5.86. The summed E-state index contributed by atoms with van der Waals surface area (Å²) in [6, 6.07) is 9.47. The summed E-state index contributed by atoms with van der Waals surface area (Å²) in [5, 5.41) is 8.17. The third kappa shape index (κ3) is 2.14. The van der Waals surface area contributed by atoms with Crippen molar-refractivity contribution in [2.75, 3.05) is 0 Å². The van der Waals surface area contributed by atoms with Crippen molar-refractivity contribution in [1.82, 2.24) is 10.2 Å². The Labute approximate surface area is 99.0 Å². The first-order valence-electron chi connectivity index (χ1n) is 4.91. The predicted molar refractivity (Wildman–Crippen MR) is 63.0 cm³/mol. The summed E-state index contributed by atoms with van der Waals surface area (Å²) >= 11 is 5.86. The highest BCUT2D eigenvalue weighted by Crippen LogP contribution is 2.26. The quantitative estimate of drug-likeness (QED) is 0.797. The van der Waals surface area contributed by atoms with E-state index in [0.29, 0.717) is 11.0 Å². The van der Waals surface area contributed by atoms with Crippen molar-refractivity contribution in [2.24, 2.45) is 0 Å². The van der Waals surface area contributed by atoms with Crippen molar-refractivity contribution in [3.05, 3.63) is 46.6 Å². The van der Waals surface area contributed by atoms with Crippen LogP contribution in [0.2, 0.25) is 5.15 Å². The van der Waals surface area contributed by atoms with Gasteiger partial charge in [0.25, 0.3) is 0 Å². The van der Waals surface area contributed by atoms with E-state index in [1.54, 1.807) is 0 Å². The molecule has 0 amide bonds. The van der Waals surface area contributed by atoms with Gasteiger partial charge in [-0.05, 0) is 31.5 Å². The zero-order chi connectivity index (χ0) is 11.5. The van der Waals surface area contributed by atoms with Gasteiger partial charge in [0.05, 0.1) is 0 Å². The molecule has 0 aliphatic heterocycles. The number of hydrogen-bond donors (Lipinski definition) is 0. The zero-order valence-electron chi connectivity index (χ0n) is 9.07. The van der Waals surface area contributed by atoms with Crippen LogP contribution in [0, 0.1) is 13.8 Å². The van der Waals surface area contributed by atoms with Crippen molar-refractivity contribution in [1.29, 1.82) is 0 Å². The SMILES string of the molecule is Cc1c(Cl)nnc(Oc2ccccc2)c1C. The van der Waals surface area contributed by atoms with Gasteiger partial charge < -0.3 is 4.74 Å². The Kier molecular flexibility index (Phi) is 3.06. The molecule has 3 nitrogen and oxygen atoms in total. The molecule has 2 rings (SSSR count).